The van der Waals surface area contributed by atoms with Crippen LogP contribution in [0.1, 0.15) is 18.5 Å². The van der Waals surface area contributed by atoms with Crippen LogP contribution in [0.2, 0.25) is 0 Å². The molecule has 2 amide bonds. The maximum Gasteiger partial charge on any atom is 0.334 e. The topological polar surface area (TPSA) is 49.6 Å². The van der Waals surface area contributed by atoms with E-state index in [1.54, 1.807) is 0 Å². The van der Waals surface area contributed by atoms with Crippen LogP contribution < -0.4 is 10.7 Å². The molecule has 1 radical (unpaired) electrons. The molecule has 0 saturated heterocycles. The largest absolute Gasteiger partial charge is 0.350 e. The highest BCUT2D eigenvalue weighted by atomic mass is 79.9. The molecule has 1 aliphatic rings. The van der Waals surface area contributed by atoms with E-state index in [9.17, 15) is 4.79 Å². The molecule has 1 atom stereocenters. The van der Waals surface area contributed by atoms with Crippen LogP contribution in [0.5, 0.6) is 0 Å². The Labute approximate surface area is 96.7 Å². The molecule has 0 bridgehead atoms. The van der Waals surface area contributed by atoms with Crippen LogP contribution >= 0.6 is 15.9 Å². The van der Waals surface area contributed by atoms with Crippen LogP contribution in [0.25, 0.3) is 0 Å². The van der Waals surface area contributed by atoms with Crippen LogP contribution in [-0.2, 0) is 0 Å². The number of benzene rings is 1. The summed E-state index contributed by atoms with van der Waals surface area (Å²) in [7, 11) is 1.84. The second-order valence-corrected chi connectivity index (χ2v) is 4.29. The molecule has 0 saturated carbocycles. The standard InChI is InChI=1S/C10H11BrN3O/c1-6-7-4-3-5-8(11)9(7)14(10(12)15)13(6)2/h3-4,6H,1-2H3,(H2,12,15). The number of hydrogen-bond donors (Lipinski definition) is 1. The molecule has 0 aliphatic carbocycles. The summed E-state index contributed by atoms with van der Waals surface area (Å²) in [4.78, 5) is 11.3. The summed E-state index contributed by atoms with van der Waals surface area (Å²) >= 11 is 3.38. The van der Waals surface area contributed by atoms with Crippen molar-refractivity contribution in [3.63, 3.8) is 0 Å². The molecule has 1 unspecified atom stereocenters. The van der Waals surface area contributed by atoms with Gasteiger partial charge < -0.3 is 5.73 Å². The third kappa shape index (κ3) is 1.42. The minimum Gasteiger partial charge on any atom is -0.350 e. The lowest BCUT2D eigenvalue weighted by Crippen LogP contribution is -2.44. The minimum atomic E-state index is -0.483. The number of nitrogens with two attached hydrogens (primary N) is 1. The normalized spacial score (nSPS) is 20.5. The number of urea groups is 1. The van der Waals surface area contributed by atoms with Gasteiger partial charge in [-0.2, -0.15) is 0 Å². The lowest BCUT2D eigenvalue weighted by molar-refractivity contribution is 0.222. The predicted molar refractivity (Wildman–Crippen MR) is 61.2 cm³/mol. The Morgan fingerprint density at radius 2 is 2.33 bits per heavy atom. The Balaban J connectivity index is 2.61. The molecule has 0 fully saturated rings. The highest BCUT2D eigenvalue weighted by Crippen LogP contribution is 2.42. The molecule has 0 spiro atoms. The van der Waals surface area contributed by atoms with E-state index in [1.807, 2.05) is 31.1 Å². The summed E-state index contributed by atoms with van der Waals surface area (Å²) in [5.41, 5.74) is 7.21. The number of carbonyl (C=O) groups is 1. The third-order valence-corrected chi connectivity index (χ3v) is 3.31. The van der Waals surface area contributed by atoms with Crippen LogP contribution in [-0.4, -0.2) is 18.1 Å². The fourth-order valence-electron chi connectivity index (χ4n) is 1.83. The van der Waals surface area contributed by atoms with Gasteiger partial charge in [0, 0.05) is 7.05 Å². The van der Waals surface area contributed by atoms with Crippen molar-refractivity contribution in [3.05, 3.63) is 28.2 Å². The molecule has 0 aromatic heterocycles. The lowest BCUT2D eigenvalue weighted by atomic mass is 10.1. The maximum atomic E-state index is 11.3. The van der Waals surface area contributed by atoms with E-state index in [0.717, 1.165) is 15.7 Å². The summed E-state index contributed by atoms with van der Waals surface area (Å²) in [5.74, 6) is 0. The minimum absolute atomic E-state index is 0.137. The number of amides is 2. The van der Waals surface area contributed by atoms with E-state index < -0.39 is 6.03 Å². The van der Waals surface area contributed by atoms with E-state index >= 15 is 0 Å². The number of primary amides is 1. The smallest absolute Gasteiger partial charge is 0.334 e. The van der Waals surface area contributed by atoms with E-state index in [0.29, 0.717) is 0 Å². The molecule has 2 rings (SSSR count). The van der Waals surface area contributed by atoms with Crippen molar-refractivity contribution in [1.82, 2.24) is 5.01 Å². The van der Waals surface area contributed by atoms with E-state index in [4.69, 9.17) is 5.73 Å². The quantitative estimate of drug-likeness (QED) is 0.783. The fraction of sp³-hybridized carbons (Fsp3) is 0.300. The molecule has 1 aromatic carbocycles. The molecule has 1 aromatic rings. The Kier molecular flexibility index (Phi) is 2.44. The van der Waals surface area contributed by atoms with Gasteiger partial charge in [-0.1, -0.05) is 12.1 Å². The highest BCUT2D eigenvalue weighted by molar-refractivity contribution is 9.10. The molecule has 1 heterocycles. The van der Waals surface area contributed by atoms with Crippen LogP contribution in [0.3, 0.4) is 0 Å². The summed E-state index contributed by atoms with van der Waals surface area (Å²) < 4.78 is 0.759. The number of nitrogens with zero attached hydrogens (tertiary/aromatic N) is 2. The van der Waals surface area contributed by atoms with Gasteiger partial charge in [-0.15, -0.1) is 0 Å². The van der Waals surface area contributed by atoms with Gasteiger partial charge in [0.1, 0.15) is 0 Å². The number of halogens is 1. The zero-order valence-corrected chi connectivity index (χ0v) is 10.1. The van der Waals surface area contributed by atoms with Gasteiger partial charge in [0.25, 0.3) is 0 Å². The Bertz CT molecular complexity index is 421. The summed E-state index contributed by atoms with van der Waals surface area (Å²) in [6.45, 7) is 2.02. The zero-order valence-electron chi connectivity index (χ0n) is 8.49. The number of anilines is 1. The molecular weight excluding hydrogens is 258 g/mol. The molecule has 15 heavy (non-hydrogen) atoms. The Hall–Kier alpha value is -1.07. The van der Waals surface area contributed by atoms with Gasteiger partial charge in [0.15, 0.2) is 0 Å². The van der Waals surface area contributed by atoms with Gasteiger partial charge >= 0.3 is 6.03 Å². The van der Waals surface area contributed by atoms with Crippen molar-refractivity contribution in [1.29, 1.82) is 0 Å². The number of carbonyl (C=O) groups excluding carboxylic acids is 1. The first-order valence-corrected chi connectivity index (χ1v) is 5.35. The average Bonchev–Trinajstić information content (AvgIpc) is 2.43. The molecular formula is C10H11BrN3O. The number of hydrazine groups is 1. The molecule has 79 valence electrons. The van der Waals surface area contributed by atoms with Crippen LogP contribution in [0.15, 0.2) is 16.6 Å². The lowest BCUT2D eigenvalue weighted by Gasteiger charge is -2.25. The molecule has 4 nitrogen and oxygen atoms in total. The SMILES string of the molecule is CC1c2cc[c]c(Br)c2N(C(N)=O)N1C. The van der Waals surface area contributed by atoms with Crippen LogP contribution in [0, 0.1) is 6.07 Å². The second kappa shape index (κ2) is 3.50. The van der Waals surface area contributed by atoms with E-state index in [2.05, 4.69) is 22.0 Å². The first-order chi connectivity index (χ1) is 7.04. The van der Waals surface area contributed by atoms with Gasteiger partial charge in [0.05, 0.1) is 16.2 Å². The van der Waals surface area contributed by atoms with Crippen molar-refractivity contribution >= 4 is 27.6 Å². The average molecular weight is 269 g/mol. The van der Waals surface area contributed by atoms with E-state index in [-0.39, 0.29) is 6.04 Å². The Morgan fingerprint density at radius 1 is 1.67 bits per heavy atom. The van der Waals surface area contributed by atoms with Gasteiger partial charge in [-0.3, -0.25) is 0 Å². The van der Waals surface area contributed by atoms with Crippen molar-refractivity contribution in [2.45, 2.75) is 13.0 Å². The van der Waals surface area contributed by atoms with Gasteiger partial charge in [-0.05, 0) is 34.5 Å². The number of hydrogen-bond acceptors (Lipinski definition) is 2. The van der Waals surface area contributed by atoms with Crippen molar-refractivity contribution in [2.75, 3.05) is 12.1 Å². The van der Waals surface area contributed by atoms with Crippen molar-refractivity contribution in [2.24, 2.45) is 5.73 Å². The maximum absolute atomic E-state index is 11.3. The first kappa shape index (κ1) is 10.4. The number of rotatable bonds is 0. The molecule has 1 aliphatic heterocycles. The molecule has 2 N–H and O–H groups in total. The second-order valence-electron chi connectivity index (χ2n) is 3.50. The zero-order chi connectivity index (χ0) is 11.2. The van der Waals surface area contributed by atoms with Crippen LogP contribution in [0.4, 0.5) is 10.5 Å². The summed E-state index contributed by atoms with van der Waals surface area (Å²) in [5, 5.41) is 3.27. The van der Waals surface area contributed by atoms with Crippen molar-refractivity contribution in [3.8, 4) is 0 Å². The highest BCUT2D eigenvalue weighted by Gasteiger charge is 2.35. The third-order valence-electron chi connectivity index (χ3n) is 2.70. The molecule has 5 heteroatoms. The predicted octanol–water partition coefficient (Wildman–Crippen LogP) is 2.06. The number of fused-ring (bicyclic) bond motifs is 1. The Morgan fingerprint density at radius 3 is 2.93 bits per heavy atom. The fourth-order valence-corrected chi connectivity index (χ4v) is 2.36. The van der Waals surface area contributed by atoms with E-state index in [1.165, 1.54) is 5.01 Å². The van der Waals surface area contributed by atoms with Gasteiger partial charge in [0.2, 0.25) is 0 Å². The van der Waals surface area contributed by atoms with Crippen molar-refractivity contribution < 1.29 is 4.79 Å². The van der Waals surface area contributed by atoms with Gasteiger partial charge in [-0.25, -0.2) is 14.8 Å². The summed E-state index contributed by atoms with van der Waals surface area (Å²) in [6.07, 6.45) is 0. The monoisotopic (exact) mass is 268 g/mol. The first-order valence-electron chi connectivity index (χ1n) is 4.56. The summed E-state index contributed by atoms with van der Waals surface area (Å²) in [6, 6.07) is 6.43.